The molecule has 2 aromatic carbocycles. The number of alkyl halides is 3. The molecule has 0 aromatic heterocycles. The standard InChI is InChI=1S/C23H24F4N4O2/c1-5-8-30-20-11-18(24)15(9-17(20)14(2)12-22(30,3)4)13-28-29-19-7-6-16(23(25,26)27)10-21(19)31(32)33/h6-7,9-13,29H,5,8H2,1-4H3/b28-13+. The Kier molecular flexibility index (Phi) is 6.49. The summed E-state index contributed by atoms with van der Waals surface area (Å²) in [5.74, 6) is -0.534. The van der Waals surface area contributed by atoms with Gasteiger partial charge < -0.3 is 4.90 Å². The van der Waals surface area contributed by atoms with E-state index in [2.05, 4.69) is 35.4 Å². The zero-order valence-corrected chi connectivity index (χ0v) is 18.6. The molecule has 10 heteroatoms. The molecule has 1 N–H and O–H groups in total. The van der Waals surface area contributed by atoms with E-state index >= 15 is 0 Å². The van der Waals surface area contributed by atoms with Crippen LogP contribution in [0.3, 0.4) is 0 Å². The zero-order chi connectivity index (χ0) is 24.6. The number of rotatable bonds is 6. The van der Waals surface area contributed by atoms with E-state index in [1.807, 2.05) is 13.8 Å². The van der Waals surface area contributed by atoms with E-state index in [4.69, 9.17) is 0 Å². The predicted molar refractivity (Wildman–Crippen MR) is 121 cm³/mol. The van der Waals surface area contributed by atoms with Gasteiger partial charge in [0.15, 0.2) is 0 Å². The number of nitrogens with zero attached hydrogens (tertiary/aromatic N) is 3. The summed E-state index contributed by atoms with van der Waals surface area (Å²) in [6.07, 6.45) is -0.581. The number of hydrazone groups is 1. The molecule has 1 heterocycles. The van der Waals surface area contributed by atoms with Crippen molar-refractivity contribution in [2.75, 3.05) is 16.9 Å². The van der Waals surface area contributed by atoms with Crippen LogP contribution in [-0.4, -0.2) is 23.2 Å². The third-order valence-corrected chi connectivity index (χ3v) is 5.45. The maximum absolute atomic E-state index is 14.9. The van der Waals surface area contributed by atoms with Crippen molar-refractivity contribution in [1.29, 1.82) is 0 Å². The van der Waals surface area contributed by atoms with Crippen molar-refractivity contribution in [3.8, 4) is 0 Å². The average molecular weight is 464 g/mol. The summed E-state index contributed by atoms with van der Waals surface area (Å²) >= 11 is 0. The van der Waals surface area contributed by atoms with Gasteiger partial charge in [0.1, 0.15) is 11.5 Å². The first-order valence-electron chi connectivity index (χ1n) is 10.3. The summed E-state index contributed by atoms with van der Waals surface area (Å²) < 4.78 is 53.4. The number of nitrogens with one attached hydrogen (secondary N) is 1. The molecule has 0 radical (unpaired) electrons. The predicted octanol–water partition coefficient (Wildman–Crippen LogP) is 6.61. The van der Waals surface area contributed by atoms with Crippen molar-refractivity contribution in [2.45, 2.75) is 45.8 Å². The number of allylic oxidation sites excluding steroid dienone is 1. The lowest BCUT2D eigenvalue weighted by molar-refractivity contribution is -0.384. The van der Waals surface area contributed by atoms with Crippen LogP contribution < -0.4 is 10.3 Å². The number of halogens is 4. The molecule has 1 aliphatic rings. The van der Waals surface area contributed by atoms with E-state index in [0.29, 0.717) is 12.1 Å². The zero-order valence-electron chi connectivity index (χ0n) is 18.6. The minimum Gasteiger partial charge on any atom is -0.362 e. The van der Waals surface area contributed by atoms with Crippen molar-refractivity contribution in [3.05, 3.63) is 69.0 Å². The number of benzene rings is 2. The Balaban J connectivity index is 1.92. The molecule has 0 unspecified atom stereocenters. The fraction of sp³-hybridized carbons (Fsp3) is 0.348. The Morgan fingerprint density at radius 2 is 1.94 bits per heavy atom. The number of anilines is 2. The molecule has 0 aliphatic carbocycles. The van der Waals surface area contributed by atoms with Crippen molar-refractivity contribution >= 4 is 28.8 Å². The second-order valence-corrected chi connectivity index (χ2v) is 8.38. The number of hydrogen-bond donors (Lipinski definition) is 1. The van der Waals surface area contributed by atoms with E-state index in [0.717, 1.165) is 42.1 Å². The Morgan fingerprint density at radius 1 is 1.24 bits per heavy atom. The lowest BCUT2D eigenvalue weighted by atomic mass is 9.88. The molecule has 0 amide bonds. The quantitative estimate of drug-likeness (QED) is 0.226. The summed E-state index contributed by atoms with van der Waals surface area (Å²) in [6.45, 7) is 8.85. The Bertz CT molecular complexity index is 1140. The van der Waals surface area contributed by atoms with Crippen LogP contribution in [0.4, 0.5) is 34.6 Å². The molecule has 2 aromatic rings. The van der Waals surface area contributed by atoms with Crippen LogP contribution in [0, 0.1) is 15.9 Å². The molecule has 3 rings (SSSR count). The third kappa shape index (κ3) is 4.99. The highest BCUT2D eigenvalue weighted by molar-refractivity contribution is 5.88. The molecule has 1 aliphatic heterocycles. The number of hydrogen-bond acceptors (Lipinski definition) is 5. The average Bonchev–Trinajstić information content (AvgIpc) is 2.70. The van der Waals surface area contributed by atoms with Crippen LogP contribution in [0.1, 0.15) is 50.8 Å². The monoisotopic (exact) mass is 464 g/mol. The first-order valence-corrected chi connectivity index (χ1v) is 10.3. The van der Waals surface area contributed by atoms with Crippen LogP contribution in [0.2, 0.25) is 0 Å². The second kappa shape index (κ2) is 8.84. The van der Waals surface area contributed by atoms with E-state index in [1.54, 1.807) is 6.07 Å². The molecule has 33 heavy (non-hydrogen) atoms. The first-order chi connectivity index (χ1) is 15.3. The maximum atomic E-state index is 14.9. The summed E-state index contributed by atoms with van der Waals surface area (Å²) in [5, 5.41) is 15.0. The van der Waals surface area contributed by atoms with E-state index in [9.17, 15) is 27.7 Å². The van der Waals surface area contributed by atoms with Gasteiger partial charge >= 0.3 is 6.18 Å². The van der Waals surface area contributed by atoms with Gasteiger partial charge in [-0.2, -0.15) is 18.3 Å². The third-order valence-electron chi connectivity index (χ3n) is 5.45. The van der Waals surface area contributed by atoms with Gasteiger partial charge in [-0.05, 0) is 57.0 Å². The molecule has 0 atom stereocenters. The molecular formula is C23H24F4N4O2. The number of nitro groups is 1. The van der Waals surface area contributed by atoms with E-state index < -0.39 is 28.2 Å². The van der Waals surface area contributed by atoms with Crippen molar-refractivity contribution in [2.24, 2.45) is 5.10 Å². The van der Waals surface area contributed by atoms with Crippen molar-refractivity contribution in [3.63, 3.8) is 0 Å². The molecule has 176 valence electrons. The topological polar surface area (TPSA) is 70.8 Å². The lowest BCUT2D eigenvalue weighted by Crippen LogP contribution is -2.45. The molecule has 6 nitrogen and oxygen atoms in total. The largest absolute Gasteiger partial charge is 0.416 e. The SMILES string of the molecule is CCCN1c2cc(F)c(/C=N/Nc3ccc(C(F)(F)F)cc3[N+](=O)[O-])cc2C(C)=CC1(C)C. The minimum absolute atomic E-state index is 0.139. The van der Waals surface area contributed by atoms with E-state index in [-0.39, 0.29) is 16.8 Å². The van der Waals surface area contributed by atoms with Gasteiger partial charge in [0.25, 0.3) is 5.69 Å². The maximum Gasteiger partial charge on any atom is 0.416 e. The van der Waals surface area contributed by atoms with Crippen molar-refractivity contribution in [1.82, 2.24) is 0 Å². The van der Waals surface area contributed by atoms with Crippen LogP contribution >= 0.6 is 0 Å². The van der Waals surface area contributed by atoms with Gasteiger partial charge in [0.2, 0.25) is 0 Å². The number of nitro benzene ring substituents is 1. The highest BCUT2D eigenvalue weighted by Crippen LogP contribution is 2.40. The fourth-order valence-electron chi connectivity index (χ4n) is 3.97. The smallest absolute Gasteiger partial charge is 0.362 e. The van der Waals surface area contributed by atoms with Gasteiger partial charge in [-0.15, -0.1) is 0 Å². The van der Waals surface area contributed by atoms with Crippen LogP contribution in [0.25, 0.3) is 5.57 Å². The molecular weight excluding hydrogens is 440 g/mol. The highest BCUT2D eigenvalue weighted by Gasteiger charge is 2.33. The second-order valence-electron chi connectivity index (χ2n) is 8.38. The number of fused-ring (bicyclic) bond motifs is 1. The van der Waals surface area contributed by atoms with Gasteiger partial charge in [-0.3, -0.25) is 15.5 Å². The summed E-state index contributed by atoms with van der Waals surface area (Å²) in [5.41, 5.74) is 2.62. The van der Waals surface area contributed by atoms with Crippen LogP contribution in [0.5, 0.6) is 0 Å². The van der Waals surface area contributed by atoms with Crippen LogP contribution in [0.15, 0.2) is 41.5 Å². The summed E-state index contributed by atoms with van der Waals surface area (Å²) in [4.78, 5) is 12.4. The Morgan fingerprint density at radius 3 is 2.55 bits per heavy atom. The van der Waals surface area contributed by atoms with Gasteiger partial charge in [-0.25, -0.2) is 4.39 Å². The lowest BCUT2D eigenvalue weighted by Gasteiger charge is -2.43. The summed E-state index contributed by atoms with van der Waals surface area (Å²) in [7, 11) is 0. The molecule has 0 saturated heterocycles. The Labute approximate surface area is 188 Å². The molecule has 0 saturated carbocycles. The summed E-state index contributed by atoms with van der Waals surface area (Å²) in [6, 6.07) is 5.13. The normalized spacial score (nSPS) is 15.4. The van der Waals surface area contributed by atoms with E-state index in [1.165, 1.54) is 6.07 Å². The Hall–Kier alpha value is -3.43. The highest BCUT2D eigenvalue weighted by atomic mass is 19.4. The van der Waals surface area contributed by atoms with Gasteiger partial charge in [0.05, 0.1) is 22.2 Å². The molecule has 0 fully saturated rings. The van der Waals surface area contributed by atoms with Gasteiger partial charge in [-0.1, -0.05) is 13.0 Å². The first kappa shape index (κ1) is 24.2. The molecule has 0 spiro atoms. The van der Waals surface area contributed by atoms with Gasteiger partial charge in [0, 0.05) is 29.4 Å². The fourth-order valence-corrected chi connectivity index (χ4v) is 3.97. The van der Waals surface area contributed by atoms with Crippen molar-refractivity contribution < 1.29 is 22.5 Å². The minimum atomic E-state index is -4.72. The molecule has 0 bridgehead atoms. The van der Waals surface area contributed by atoms with Crippen LogP contribution in [-0.2, 0) is 6.18 Å².